The molecule has 1 rings (SSSR count). The molecule has 118 valence electrons. The van der Waals surface area contributed by atoms with Crippen molar-refractivity contribution in [1.82, 2.24) is 0 Å². The summed E-state index contributed by atoms with van der Waals surface area (Å²) >= 11 is 0. The zero-order chi connectivity index (χ0) is 15.6. The first kappa shape index (κ1) is 17.7. The molecule has 0 fully saturated rings. The quantitative estimate of drug-likeness (QED) is 0.575. The first-order chi connectivity index (χ1) is 8.92. The number of hydrogen-bond acceptors (Lipinski definition) is 5. The lowest BCUT2D eigenvalue weighted by Gasteiger charge is -2.38. The first-order valence-corrected chi connectivity index (χ1v) is 11.5. The van der Waals surface area contributed by atoms with Crippen LogP contribution in [0.4, 0.5) is 0 Å². The molecule has 1 aliphatic heterocycles. The van der Waals surface area contributed by atoms with E-state index in [0.29, 0.717) is 13.0 Å². The van der Waals surface area contributed by atoms with E-state index >= 15 is 0 Å². The van der Waals surface area contributed by atoms with Crippen molar-refractivity contribution in [3.05, 3.63) is 12.3 Å². The van der Waals surface area contributed by atoms with Crippen molar-refractivity contribution in [2.24, 2.45) is 0 Å². The van der Waals surface area contributed by atoms with Gasteiger partial charge in [-0.25, -0.2) is 0 Å². The van der Waals surface area contributed by atoms with E-state index < -0.39 is 24.5 Å². The summed E-state index contributed by atoms with van der Waals surface area (Å²) in [5.74, 6) is 0. The van der Waals surface area contributed by atoms with Crippen molar-refractivity contribution < 1.29 is 21.8 Å². The minimum absolute atomic E-state index is 0.102. The van der Waals surface area contributed by atoms with E-state index in [2.05, 4.69) is 33.9 Å². The second-order valence-electron chi connectivity index (χ2n) is 6.69. The second kappa shape index (κ2) is 6.17. The summed E-state index contributed by atoms with van der Waals surface area (Å²) in [7, 11) is -5.38. The molecule has 0 spiro atoms. The monoisotopic (exact) mass is 322 g/mol. The zero-order valence-corrected chi connectivity index (χ0v) is 15.0. The molecule has 0 saturated carbocycles. The maximum Gasteiger partial charge on any atom is 0.264 e. The predicted molar refractivity (Wildman–Crippen MR) is 81.5 cm³/mol. The summed E-state index contributed by atoms with van der Waals surface area (Å²) in [6, 6.07) is 0. The highest BCUT2D eigenvalue weighted by molar-refractivity contribution is 7.86. The van der Waals surface area contributed by atoms with Gasteiger partial charge in [-0.2, -0.15) is 8.42 Å². The van der Waals surface area contributed by atoms with Gasteiger partial charge in [-0.15, -0.1) is 0 Å². The molecular weight excluding hydrogens is 296 g/mol. The van der Waals surface area contributed by atoms with Crippen molar-refractivity contribution in [1.29, 1.82) is 0 Å². The normalized spacial score (nSPS) is 24.5. The van der Waals surface area contributed by atoms with Gasteiger partial charge in [-0.05, 0) is 30.6 Å². The molecule has 0 amide bonds. The van der Waals surface area contributed by atoms with Crippen molar-refractivity contribution in [3.8, 4) is 0 Å². The molecule has 0 aromatic carbocycles. The van der Waals surface area contributed by atoms with Crippen LogP contribution in [0.1, 0.15) is 27.2 Å². The lowest BCUT2D eigenvalue weighted by Crippen LogP contribution is -2.46. The van der Waals surface area contributed by atoms with Crippen LogP contribution >= 0.6 is 0 Å². The van der Waals surface area contributed by atoms with Gasteiger partial charge in [-0.1, -0.05) is 20.8 Å². The molecule has 0 aliphatic carbocycles. The van der Waals surface area contributed by atoms with E-state index in [1.807, 2.05) is 0 Å². The van der Waals surface area contributed by atoms with Gasteiger partial charge < -0.3 is 9.16 Å². The third-order valence-electron chi connectivity index (χ3n) is 3.85. The summed E-state index contributed by atoms with van der Waals surface area (Å²) < 4.78 is 39.2. The van der Waals surface area contributed by atoms with Gasteiger partial charge >= 0.3 is 0 Å². The van der Waals surface area contributed by atoms with E-state index in [0.717, 1.165) is 6.26 Å². The van der Waals surface area contributed by atoms with E-state index in [4.69, 9.17) is 13.3 Å². The van der Waals surface area contributed by atoms with Crippen LogP contribution in [0.25, 0.3) is 0 Å². The Morgan fingerprint density at radius 1 is 1.35 bits per heavy atom. The van der Waals surface area contributed by atoms with Gasteiger partial charge in [0.05, 0.1) is 19.1 Å². The van der Waals surface area contributed by atoms with Crippen molar-refractivity contribution in [2.75, 3.05) is 12.9 Å². The first-order valence-electron chi connectivity index (χ1n) is 6.75. The Bertz CT molecular complexity index is 450. The van der Waals surface area contributed by atoms with Gasteiger partial charge in [0, 0.05) is 0 Å². The Balaban J connectivity index is 2.67. The molecule has 2 atom stereocenters. The van der Waals surface area contributed by atoms with Gasteiger partial charge in [0.15, 0.2) is 8.32 Å². The molecule has 20 heavy (non-hydrogen) atoms. The molecule has 0 radical (unpaired) electrons. The number of hydrogen-bond donors (Lipinski definition) is 0. The topological polar surface area (TPSA) is 61.8 Å². The highest BCUT2D eigenvalue weighted by atomic mass is 32.2. The molecule has 0 unspecified atom stereocenters. The van der Waals surface area contributed by atoms with Gasteiger partial charge in [0.1, 0.15) is 12.2 Å². The standard InChI is InChI=1S/C13H26O5SSi/c1-13(2,3)20(5,6)17-10-12-11(8-7-9-16-12)18-19(4,14)15/h7,9,11-12H,8,10H2,1-6H3/t11-,12+/m0/s1. The fourth-order valence-corrected chi connectivity index (χ4v) is 3.23. The smallest absolute Gasteiger partial charge is 0.264 e. The van der Waals surface area contributed by atoms with E-state index in [9.17, 15) is 8.42 Å². The number of ether oxygens (including phenoxy) is 1. The largest absolute Gasteiger partial charge is 0.493 e. The lowest BCUT2D eigenvalue weighted by molar-refractivity contribution is -0.0130. The number of rotatable bonds is 5. The molecule has 0 aromatic rings. The summed E-state index contributed by atoms with van der Waals surface area (Å²) in [6.45, 7) is 11.1. The molecule has 0 bridgehead atoms. The van der Waals surface area contributed by atoms with Crippen LogP contribution in [0.2, 0.25) is 18.1 Å². The minimum atomic E-state index is -3.50. The summed E-state index contributed by atoms with van der Waals surface area (Å²) in [5.41, 5.74) is 0. The average molecular weight is 322 g/mol. The van der Waals surface area contributed by atoms with Crippen LogP contribution in [0.5, 0.6) is 0 Å². The Morgan fingerprint density at radius 2 is 1.95 bits per heavy atom. The SMILES string of the molecule is CC(C)(C)[Si](C)(C)OC[C@H]1OC=CC[C@@H]1OS(C)(=O)=O. The van der Waals surface area contributed by atoms with Gasteiger partial charge in [0.25, 0.3) is 10.1 Å². The molecule has 1 aliphatic rings. The molecular formula is C13H26O5SSi. The van der Waals surface area contributed by atoms with Crippen molar-refractivity contribution in [3.63, 3.8) is 0 Å². The van der Waals surface area contributed by atoms with Crippen molar-refractivity contribution >= 4 is 18.4 Å². The van der Waals surface area contributed by atoms with Crippen LogP contribution in [-0.2, 0) is 23.5 Å². The van der Waals surface area contributed by atoms with E-state index in [-0.39, 0.29) is 11.1 Å². The fourth-order valence-electron chi connectivity index (χ4n) is 1.56. The van der Waals surface area contributed by atoms with Crippen molar-refractivity contribution in [2.45, 2.75) is 57.5 Å². The maximum absolute atomic E-state index is 11.3. The second-order valence-corrected chi connectivity index (χ2v) is 13.1. The van der Waals surface area contributed by atoms with Crippen LogP contribution < -0.4 is 0 Å². The fraction of sp³-hybridized carbons (Fsp3) is 0.846. The van der Waals surface area contributed by atoms with Crippen LogP contribution in [0, 0.1) is 0 Å². The Kier molecular flexibility index (Phi) is 5.45. The van der Waals surface area contributed by atoms with Crippen LogP contribution in [-0.4, -0.2) is 41.8 Å². The third-order valence-corrected chi connectivity index (χ3v) is 8.94. The summed E-state index contributed by atoms with van der Waals surface area (Å²) in [5, 5.41) is 0.102. The molecule has 5 nitrogen and oxygen atoms in total. The maximum atomic E-state index is 11.3. The molecule has 0 saturated heterocycles. The molecule has 7 heteroatoms. The average Bonchev–Trinajstić information content (AvgIpc) is 2.24. The van der Waals surface area contributed by atoms with Gasteiger partial charge in [0.2, 0.25) is 0 Å². The zero-order valence-electron chi connectivity index (χ0n) is 13.2. The highest BCUT2D eigenvalue weighted by Crippen LogP contribution is 2.37. The molecule has 0 N–H and O–H groups in total. The summed E-state index contributed by atoms with van der Waals surface area (Å²) in [6.07, 6.45) is 4.01. The Labute approximate surface area is 123 Å². The lowest BCUT2D eigenvalue weighted by atomic mass is 10.1. The van der Waals surface area contributed by atoms with Crippen LogP contribution in [0.15, 0.2) is 12.3 Å². The Morgan fingerprint density at radius 3 is 2.45 bits per heavy atom. The third kappa shape index (κ3) is 5.20. The van der Waals surface area contributed by atoms with Gasteiger partial charge in [-0.3, -0.25) is 4.18 Å². The van der Waals surface area contributed by atoms with E-state index in [1.54, 1.807) is 12.3 Å². The summed E-state index contributed by atoms with van der Waals surface area (Å²) in [4.78, 5) is 0. The molecule has 0 aromatic heterocycles. The van der Waals surface area contributed by atoms with E-state index in [1.165, 1.54) is 0 Å². The minimum Gasteiger partial charge on any atom is -0.493 e. The molecule has 1 heterocycles. The highest BCUT2D eigenvalue weighted by Gasteiger charge is 2.39. The Hall–Kier alpha value is -0.373. The predicted octanol–water partition coefficient (Wildman–Crippen LogP) is 2.66. The van der Waals surface area contributed by atoms with Crippen LogP contribution in [0.3, 0.4) is 0 Å².